The third-order valence-electron chi connectivity index (χ3n) is 2.73. The summed E-state index contributed by atoms with van der Waals surface area (Å²) in [5, 5.41) is 3.22. The predicted octanol–water partition coefficient (Wildman–Crippen LogP) is 0.714. The van der Waals surface area contributed by atoms with Crippen molar-refractivity contribution < 1.29 is 8.42 Å². The first-order valence-corrected chi connectivity index (χ1v) is 7.83. The van der Waals surface area contributed by atoms with Crippen molar-refractivity contribution in [2.75, 3.05) is 0 Å². The van der Waals surface area contributed by atoms with Crippen LogP contribution in [0.3, 0.4) is 0 Å². The zero-order valence-electron chi connectivity index (χ0n) is 11.5. The van der Waals surface area contributed by atoms with Gasteiger partial charge < -0.3 is 15.3 Å². The minimum absolute atomic E-state index is 0.188. The minimum atomic E-state index is -3.51. The van der Waals surface area contributed by atoms with Gasteiger partial charge in [0, 0.05) is 36.4 Å². The number of hydrogen-bond acceptors (Lipinski definition) is 4. The SMILES string of the molecule is CC(C)NCc1cc(S(=O)(=O)NCc2cnc[nH]2)c[nH]1. The first-order valence-electron chi connectivity index (χ1n) is 6.35. The number of sulfonamides is 1. The molecule has 2 heterocycles. The van der Waals surface area contributed by atoms with Gasteiger partial charge in [0.05, 0.1) is 17.8 Å². The fourth-order valence-corrected chi connectivity index (χ4v) is 2.65. The van der Waals surface area contributed by atoms with E-state index >= 15 is 0 Å². The number of H-pyrrole nitrogens is 2. The number of rotatable bonds is 7. The number of hydrogen-bond donors (Lipinski definition) is 4. The monoisotopic (exact) mass is 297 g/mol. The highest BCUT2D eigenvalue weighted by Gasteiger charge is 2.16. The van der Waals surface area contributed by atoms with Crippen LogP contribution in [0.2, 0.25) is 0 Å². The highest BCUT2D eigenvalue weighted by atomic mass is 32.2. The zero-order valence-corrected chi connectivity index (χ0v) is 12.3. The lowest BCUT2D eigenvalue weighted by molar-refractivity contribution is 0.579. The van der Waals surface area contributed by atoms with Crippen molar-refractivity contribution in [3.05, 3.63) is 36.2 Å². The van der Waals surface area contributed by atoms with Gasteiger partial charge in [-0.3, -0.25) is 0 Å². The molecule has 0 aliphatic rings. The molecule has 0 aliphatic heterocycles. The molecule has 0 amide bonds. The number of imidazole rings is 1. The Kier molecular flexibility index (Phi) is 4.58. The van der Waals surface area contributed by atoms with Crippen molar-refractivity contribution in [2.45, 2.75) is 37.9 Å². The van der Waals surface area contributed by atoms with E-state index in [0.717, 1.165) is 5.69 Å². The van der Waals surface area contributed by atoms with Crippen molar-refractivity contribution in [3.8, 4) is 0 Å². The maximum absolute atomic E-state index is 12.1. The van der Waals surface area contributed by atoms with Crippen LogP contribution in [0.1, 0.15) is 25.2 Å². The number of nitrogens with one attached hydrogen (secondary N) is 4. The van der Waals surface area contributed by atoms with Crippen LogP contribution in [-0.2, 0) is 23.1 Å². The molecule has 0 unspecified atom stereocenters. The van der Waals surface area contributed by atoms with E-state index in [4.69, 9.17) is 0 Å². The van der Waals surface area contributed by atoms with E-state index in [2.05, 4.69) is 25.0 Å². The Balaban J connectivity index is 1.98. The van der Waals surface area contributed by atoms with Crippen molar-refractivity contribution >= 4 is 10.0 Å². The molecule has 0 saturated heterocycles. The molecule has 0 aromatic carbocycles. The molecule has 0 spiro atoms. The molecule has 8 heteroatoms. The van der Waals surface area contributed by atoms with Gasteiger partial charge >= 0.3 is 0 Å². The average Bonchev–Trinajstić information content (AvgIpc) is 3.05. The van der Waals surface area contributed by atoms with Gasteiger partial charge in [-0.05, 0) is 6.07 Å². The smallest absolute Gasteiger partial charge is 0.242 e. The summed E-state index contributed by atoms with van der Waals surface area (Å²) in [7, 11) is -3.51. The van der Waals surface area contributed by atoms with Crippen LogP contribution in [0.4, 0.5) is 0 Å². The van der Waals surface area contributed by atoms with E-state index in [9.17, 15) is 8.42 Å². The Bertz CT molecular complexity index is 631. The summed E-state index contributed by atoms with van der Waals surface area (Å²) in [4.78, 5) is 9.87. The van der Waals surface area contributed by atoms with Crippen LogP contribution >= 0.6 is 0 Å². The minimum Gasteiger partial charge on any atom is -0.363 e. The van der Waals surface area contributed by atoms with E-state index in [1.807, 2.05) is 13.8 Å². The van der Waals surface area contributed by atoms with E-state index in [1.54, 1.807) is 12.3 Å². The van der Waals surface area contributed by atoms with Gasteiger partial charge in [0.1, 0.15) is 0 Å². The maximum atomic E-state index is 12.1. The lowest BCUT2D eigenvalue weighted by atomic mass is 10.3. The summed E-state index contributed by atoms with van der Waals surface area (Å²) >= 11 is 0. The Labute approximate surface area is 118 Å². The fourth-order valence-electron chi connectivity index (χ4n) is 1.63. The molecule has 0 atom stereocenters. The van der Waals surface area contributed by atoms with E-state index in [1.165, 1.54) is 12.5 Å². The summed E-state index contributed by atoms with van der Waals surface area (Å²) in [6.07, 6.45) is 4.58. The lowest BCUT2D eigenvalue weighted by Crippen LogP contribution is -2.23. The molecular formula is C12H19N5O2S. The molecule has 0 radical (unpaired) electrons. The van der Waals surface area contributed by atoms with Gasteiger partial charge in [-0.1, -0.05) is 13.8 Å². The van der Waals surface area contributed by atoms with Crippen LogP contribution in [0.25, 0.3) is 0 Å². The van der Waals surface area contributed by atoms with Gasteiger partial charge in [-0.25, -0.2) is 18.1 Å². The number of aromatic amines is 2. The second kappa shape index (κ2) is 6.21. The molecule has 2 aromatic rings. The third-order valence-corrected chi connectivity index (χ3v) is 4.12. The summed E-state index contributed by atoms with van der Waals surface area (Å²) in [6, 6.07) is 1.97. The van der Waals surface area contributed by atoms with Crippen molar-refractivity contribution in [3.63, 3.8) is 0 Å². The summed E-state index contributed by atoms with van der Waals surface area (Å²) < 4.78 is 26.7. The van der Waals surface area contributed by atoms with Gasteiger partial charge in [-0.15, -0.1) is 0 Å². The predicted molar refractivity (Wildman–Crippen MR) is 75.4 cm³/mol. The standard InChI is InChI=1S/C12H19N5O2S/c1-9(2)14-5-10-3-12(7-15-10)20(18,19)17-6-11-4-13-8-16-11/h3-4,7-9,14-15,17H,5-6H2,1-2H3,(H,13,16). The molecule has 2 rings (SSSR count). The summed E-state index contributed by atoms with van der Waals surface area (Å²) in [6.45, 7) is 4.86. The first-order chi connectivity index (χ1) is 9.47. The van der Waals surface area contributed by atoms with Crippen LogP contribution in [0.5, 0.6) is 0 Å². The van der Waals surface area contributed by atoms with E-state index in [-0.39, 0.29) is 11.4 Å². The Morgan fingerprint density at radius 3 is 2.70 bits per heavy atom. The normalized spacial score (nSPS) is 12.2. The van der Waals surface area contributed by atoms with Crippen LogP contribution in [0, 0.1) is 0 Å². The first kappa shape index (κ1) is 14.8. The quantitative estimate of drug-likeness (QED) is 0.604. The van der Waals surface area contributed by atoms with E-state index < -0.39 is 10.0 Å². The van der Waals surface area contributed by atoms with E-state index in [0.29, 0.717) is 18.3 Å². The molecule has 0 aliphatic carbocycles. The average molecular weight is 297 g/mol. The highest BCUT2D eigenvalue weighted by Crippen LogP contribution is 2.11. The third kappa shape index (κ3) is 3.92. The summed E-state index contributed by atoms with van der Waals surface area (Å²) in [5.74, 6) is 0. The zero-order chi connectivity index (χ0) is 14.6. The van der Waals surface area contributed by atoms with Gasteiger partial charge in [0.15, 0.2) is 0 Å². The van der Waals surface area contributed by atoms with Crippen molar-refractivity contribution in [1.29, 1.82) is 0 Å². The van der Waals surface area contributed by atoms with Crippen molar-refractivity contribution in [1.82, 2.24) is 25.0 Å². The number of nitrogens with zero attached hydrogens (tertiary/aromatic N) is 1. The molecule has 0 fully saturated rings. The Morgan fingerprint density at radius 1 is 1.25 bits per heavy atom. The fraction of sp³-hybridized carbons (Fsp3) is 0.417. The molecule has 0 saturated carbocycles. The van der Waals surface area contributed by atoms with Crippen LogP contribution in [-0.4, -0.2) is 29.4 Å². The Hall–Kier alpha value is -1.64. The molecule has 0 bridgehead atoms. The molecule has 110 valence electrons. The lowest BCUT2D eigenvalue weighted by Gasteiger charge is -2.05. The second-order valence-corrected chi connectivity index (χ2v) is 6.56. The van der Waals surface area contributed by atoms with Gasteiger partial charge in [0.2, 0.25) is 10.0 Å². The van der Waals surface area contributed by atoms with Crippen LogP contribution in [0.15, 0.2) is 29.7 Å². The largest absolute Gasteiger partial charge is 0.363 e. The topological polar surface area (TPSA) is 103 Å². The van der Waals surface area contributed by atoms with Gasteiger partial charge in [-0.2, -0.15) is 0 Å². The molecule has 4 N–H and O–H groups in total. The molecular weight excluding hydrogens is 278 g/mol. The van der Waals surface area contributed by atoms with Crippen molar-refractivity contribution in [2.24, 2.45) is 0 Å². The number of aromatic nitrogens is 3. The van der Waals surface area contributed by atoms with Crippen LogP contribution < -0.4 is 10.0 Å². The molecule has 7 nitrogen and oxygen atoms in total. The highest BCUT2D eigenvalue weighted by molar-refractivity contribution is 7.89. The van der Waals surface area contributed by atoms with Gasteiger partial charge in [0.25, 0.3) is 0 Å². The summed E-state index contributed by atoms with van der Waals surface area (Å²) in [5.41, 5.74) is 1.55. The molecule has 20 heavy (non-hydrogen) atoms. The second-order valence-electron chi connectivity index (χ2n) is 4.80. The maximum Gasteiger partial charge on any atom is 0.242 e. The Morgan fingerprint density at radius 2 is 2.05 bits per heavy atom. The molecule has 2 aromatic heterocycles.